The van der Waals surface area contributed by atoms with Crippen LogP contribution in [0.1, 0.15) is 50.6 Å². The monoisotopic (exact) mass is 279 g/mol. The molecule has 2 heterocycles. The Balaban J connectivity index is 2.49. The van der Waals surface area contributed by atoms with Crippen LogP contribution in [0.2, 0.25) is 0 Å². The van der Waals surface area contributed by atoms with Crippen LogP contribution in [0.25, 0.3) is 0 Å². The van der Waals surface area contributed by atoms with Gasteiger partial charge < -0.3 is 10.1 Å². The van der Waals surface area contributed by atoms with Crippen molar-refractivity contribution in [3.63, 3.8) is 0 Å². The molecule has 0 aliphatic carbocycles. The van der Waals surface area contributed by atoms with Crippen LogP contribution in [-0.2, 0) is 0 Å². The average molecular weight is 279 g/mol. The van der Waals surface area contributed by atoms with E-state index in [2.05, 4.69) is 24.3 Å². The third-order valence-corrected chi connectivity index (χ3v) is 4.43. The van der Waals surface area contributed by atoms with Crippen LogP contribution in [0.4, 0.5) is 0 Å². The van der Waals surface area contributed by atoms with Crippen LogP contribution < -0.4 is 10.1 Å². The Bertz CT molecular complexity index is 485. The van der Waals surface area contributed by atoms with Crippen molar-refractivity contribution in [3.05, 3.63) is 11.9 Å². The van der Waals surface area contributed by atoms with Gasteiger partial charge in [0.25, 0.3) is 0 Å². The van der Waals surface area contributed by atoms with Gasteiger partial charge in [-0.05, 0) is 32.7 Å². The molecule has 0 bridgehead atoms. The van der Waals surface area contributed by atoms with Crippen molar-refractivity contribution >= 4 is 5.78 Å². The summed E-state index contributed by atoms with van der Waals surface area (Å²) < 4.78 is 7.14. The zero-order chi connectivity index (χ0) is 14.9. The number of aromatic nitrogens is 2. The molecule has 0 spiro atoms. The van der Waals surface area contributed by atoms with Crippen LogP contribution in [0, 0.1) is 11.3 Å². The molecule has 2 rings (SSSR count). The van der Waals surface area contributed by atoms with Crippen LogP contribution >= 0.6 is 0 Å². The number of methoxy groups -OCH3 is 1. The van der Waals surface area contributed by atoms with E-state index in [-0.39, 0.29) is 23.2 Å². The van der Waals surface area contributed by atoms with Crippen LogP contribution in [0.5, 0.6) is 5.75 Å². The highest BCUT2D eigenvalue weighted by molar-refractivity contribution is 6.02. The second-order valence-electron chi connectivity index (χ2n) is 6.17. The molecule has 5 nitrogen and oxygen atoms in total. The fourth-order valence-electron chi connectivity index (χ4n) is 3.00. The second-order valence-corrected chi connectivity index (χ2v) is 6.17. The average Bonchev–Trinajstić information content (AvgIpc) is 3.05. The molecule has 5 heteroatoms. The molecular weight excluding hydrogens is 254 g/mol. The van der Waals surface area contributed by atoms with Gasteiger partial charge >= 0.3 is 0 Å². The predicted molar refractivity (Wildman–Crippen MR) is 78.3 cm³/mol. The maximum atomic E-state index is 13.2. The zero-order valence-electron chi connectivity index (χ0n) is 13.1. The highest BCUT2D eigenvalue weighted by Crippen LogP contribution is 2.40. The zero-order valence-corrected chi connectivity index (χ0v) is 13.1. The summed E-state index contributed by atoms with van der Waals surface area (Å²) in [6.45, 7) is 9.91. The Hall–Kier alpha value is -1.36. The van der Waals surface area contributed by atoms with Crippen molar-refractivity contribution in [2.24, 2.45) is 11.3 Å². The first-order chi connectivity index (χ1) is 9.44. The molecule has 0 amide bonds. The van der Waals surface area contributed by atoms with E-state index in [9.17, 15) is 4.79 Å². The Kier molecular flexibility index (Phi) is 4.18. The normalized spacial score (nSPS) is 22.8. The Labute approximate surface area is 120 Å². The summed E-state index contributed by atoms with van der Waals surface area (Å²) >= 11 is 0. The summed E-state index contributed by atoms with van der Waals surface area (Å²) in [5.74, 6) is 1.02. The number of nitrogens with one attached hydrogen (secondary N) is 1. The van der Waals surface area contributed by atoms with Crippen molar-refractivity contribution in [1.29, 1.82) is 0 Å². The Morgan fingerprint density at radius 2 is 2.15 bits per heavy atom. The van der Waals surface area contributed by atoms with Gasteiger partial charge in [-0.2, -0.15) is 5.10 Å². The second kappa shape index (κ2) is 5.56. The Morgan fingerprint density at radius 3 is 2.60 bits per heavy atom. The van der Waals surface area contributed by atoms with E-state index in [0.717, 1.165) is 19.5 Å². The van der Waals surface area contributed by atoms with Crippen LogP contribution in [-0.4, -0.2) is 35.8 Å². The number of carbonyl (C=O) groups excluding carboxylic acids is 1. The number of ketones is 1. The van der Waals surface area contributed by atoms with Gasteiger partial charge in [-0.1, -0.05) is 13.8 Å². The highest BCUT2D eigenvalue weighted by Gasteiger charge is 2.46. The quantitative estimate of drug-likeness (QED) is 0.840. The van der Waals surface area contributed by atoms with Crippen LogP contribution in [0.3, 0.4) is 0 Å². The van der Waals surface area contributed by atoms with Gasteiger partial charge in [0.1, 0.15) is 5.69 Å². The Morgan fingerprint density at radius 1 is 1.45 bits per heavy atom. The minimum absolute atomic E-state index is 0.136. The lowest BCUT2D eigenvalue weighted by molar-refractivity contribution is 0.0722. The van der Waals surface area contributed by atoms with Crippen molar-refractivity contribution in [1.82, 2.24) is 15.1 Å². The largest absolute Gasteiger partial charge is 0.493 e. The predicted octanol–water partition coefficient (Wildman–Crippen LogP) is 2.29. The first kappa shape index (κ1) is 15.0. The molecule has 1 unspecified atom stereocenters. The third kappa shape index (κ3) is 2.24. The first-order valence-electron chi connectivity index (χ1n) is 7.31. The lowest BCUT2D eigenvalue weighted by atomic mass is 9.72. The lowest BCUT2D eigenvalue weighted by Crippen LogP contribution is -2.40. The molecule has 1 fully saturated rings. The molecule has 1 aromatic heterocycles. The minimum atomic E-state index is -0.347. The summed E-state index contributed by atoms with van der Waals surface area (Å²) in [5.41, 5.74) is 0.264. The van der Waals surface area contributed by atoms with Gasteiger partial charge in [-0.15, -0.1) is 0 Å². The number of hydrogen-bond donors (Lipinski definition) is 1. The topological polar surface area (TPSA) is 56.2 Å². The van der Waals surface area contributed by atoms with E-state index >= 15 is 0 Å². The number of Topliss-reactive ketones (excluding diaryl/α,β-unsaturated/α-hetero) is 1. The van der Waals surface area contributed by atoms with Gasteiger partial charge in [0.15, 0.2) is 11.5 Å². The smallest absolute Gasteiger partial charge is 0.192 e. The van der Waals surface area contributed by atoms with E-state index in [4.69, 9.17) is 4.74 Å². The standard InChI is InChI=1S/C15H25N3O2/c1-10(2)15(6-7-16-9-15)14(19)13-12(20-5)8-17-18(13)11(3)4/h8,10-11,16H,6-7,9H2,1-5H3. The van der Waals surface area contributed by atoms with E-state index < -0.39 is 0 Å². The minimum Gasteiger partial charge on any atom is -0.493 e. The van der Waals surface area contributed by atoms with Gasteiger partial charge in [-0.3, -0.25) is 9.48 Å². The molecule has 1 aliphatic heterocycles. The molecule has 0 aromatic carbocycles. The molecule has 0 radical (unpaired) electrons. The van der Waals surface area contributed by atoms with Crippen molar-refractivity contribution in [2.45, 2.75) is 40.2 Å². The van der Waals surface area contributed by atoms with Crippen molar-refractivity contribution in [2.75, 3.05) is 20.2 Å². The molecule has 1 atom stereocenters. The van der Waals surface area contributed by atoms with E-state index in [1.807, 2.05) is 13.8 Å². The molecule has 20 heavy (non-hydrogen) atoms. The maximum absolute atomic E-state index is 13.2. The maximum Gasteiger partial charge on any atom is 0.192 e. The SMILES string of the molecule is COc1cnn(C(C)C)c1C(=O)C1(C(C)C)CCNC1. The van der Waals surface area contributed by atoms with Gasteiger partial charge in [0.05, 0.1) is 18.7 Å². The van der Waals surface area contributed by atoms with E-state index in [1.165, 1.54) is 0 Å². The number of ether oxygens (including phenoxy) is 1. The number of hydrogen-bond acceptors (Lipinski definition) is 4. The fraction of sp³-hybridized carbons (Fsp3) is 0.733. The summed E-state index contributed by atoms with van der Waals surface area (Å²) in [4.78, 5) is 13.2. The summed E-state index contributed by atoms with van der Waals surface area (Å²) in [7, 11) is 1.59. The summed E-state index contributed by atoms with van der Waals surface area (Å²) in [5, 5.41) is 7.65. The molecule has 0 saturated carbocycles. The number of nitrogens with zero attached hydrogens (tertiary/aromatic N) is 2. The van der Waals surface area contributed by atoms with Crippen molar-refractivity contribution in [3.8, 4) is 5.75 Å². The first-order valence-corrected chi connectivity index (χ1v) is 7.31. The fourth-order valence-corrected chi connectivity index (χ4v) is 3.00. The summed E-state index contributed by atoms with van der Waals surface area (Å²) in [6, 6.07) is 0.136. The lowest BCUT2D eigenvalue weighted by Gasteiger charge is -2.31. The molecule has 1 aromatic rings. The van der Waals surface area contributed by atoms with Gasteiger partial charge in [0, 0.05) is 12.6 Å². The molecule has 1 aliphatic rings. The van der Waals surface area contributed by atoms with Crippen LogP contribution in [0.15, 0.2) is 6.20 Å². The summed E-state index contributed by atoms with van der Waals surface area (Å²) in [6.07, 6.45) is 2.51. The molecule has 1 saturated heterocycles. The molecular formula is C15H25N3O2. The van der Waals surface area contributed by atoms with Gasteiger partial charge in [-0.25, -0.2) is 0 Å². The van der Waals surface area contributed by atoms with E-state index in [1.54, 1.807) is 18.0 Å². The molecule has 112 valence electrons. The number of rotatable bonds is 5. The van der Waals surface area contributed by atoms with E-state index in [0.29, 0.717) is 11.4 Å². The van der Waals surface area contributed by atoms with Gasteiger partial charge in [0.2, 0.25) is 0 Å². The highest BCUT2D eigenvalue weighted by atomic mass is 16.5. The molecule has 1 N–H and O–H groups in total. The van der Waals surface area contributed by atoms with Crippen molar-refractivity contribution < 1.29 is 9.53 Å². The number of carbonyl (C=O) groups is 1. The third-order valence-electron chi connectivity index (χ3n) is 4.43.